The number of rotatable bonds is 9. The van der Waals surface area contributed by atoms with Crippen LogP contribution in [0.2, 0.25) is 0 Å². The Morgan fingerprint density at radius 3 is 2.11 bits per heavy atom. The maximum absolute atomic E-state index is 14.0. The van der Waals surface area contributed by atoms with Gasteiger partial charge in [0.1, 0.15) is 5.75 Å². The van der Waals surface area contributed by atoms with Crippen LogP contribution in [0.3, 0.4) is 0 Å². The molecule has 0 atom stereocenters. The van der Waals surface area contributed by atoms with Gasteiger partial charge in [-0.3, -0.25) is 4.90 Å². The minimum absolute atomic E-state index is 0.00631. The summed E-state index contributed by atoms with van der Waals surface area (Å²) in [6, 6.07) is 19.2. The van der Waals surface area contributed by atoms with E-state index in [1.807, 2.05) is 19.2 Å². The number of urea groups is 1. The molecule has 2 amide bonds. The SMILES string of the molecule is COc1ccc(CN2CC3(CCC(c4ccccc4)(N(C)C)CC3)N(CCC3(OC)CCC3)C2=O)cc1. The number of benzene rings is 2. The Balaban J connectivity index is 1.39. The van der Waals surface area contributed by atoms with Crippen molar-refractivity contribution in [3.05, 3.63) is 65.7 Å². The second-order valence-corrected chi connectivity index (χ2v) is 11.6. The molecule has 0 radical (unpaired) electrons. The maximum atomic E-state index is 14.0. The van der Waals surface area contributed by atoms with E-state index in [1.165, 1.54) is 12.0 Å². The first-order valence-electron chi connectivity index (χ1n) is 13.8. The zero-order valence-corrected chi connectivity index (χ0v) is 23.0. The van der Waals surface area contributed by atoms with Gasteiger partial charge in [0.05, 0.1) is 18.2 Å². The van der Waals surface area contributed by atoms with E-state index in [0.29, 0.717) is 6.54 Å². The van der Waals surface area contributed by atoms with Gasteiger partial charge in [-0.25, -0.2) is 4.79 Å². The number of carbonyl (C=O) groups excluding carboxylic acids is 1. The first-order valence-corrected chi connectivity index (χ1v) is 13.8. The number of carbonyl (C=O) groups is 1. The van der Waals surface area contributed by atoms with Crippen LogP contribution in [0.15, 0.2) is 54.6 Å². The molecule has 3 fully saturated rings. The molecule has 1 aliphatic heterocycles. The average Bonchev–Trinajstić information content (AvgIpc) is 3.15. The third-order valence-corrected chi connectivity index (χ3v) is 9.76. The highest BCUT2D eigenvalue weighted by molar-refractivity contribution is 5.78. The molecule has 2 saturated carbocycles. The lowest BCUT2D eigenvalue weighted by Crippen LogP contribution is -2.56. The highest BCUT2D eigenvalue weighted by Gasteiger charge is 2.54. The second-order valence-electron chi connectivity index (χ2n) is 11.6. The summed E-state index contributed by atoms with van der Waals surface area (Å²) in [4.78, 5) is 20.7. The van der Waals surface area contributed by atoms with E-state index in [1.54, 1.807) is 7.11 Å². The number of hydrogen-bond acceptors (Lipinski definition) is 4. The Morgan fingerprint density at radius 1 is 0.892 bits per heavy atom. The van der Waals surface area contributed by atoms with Gasteiger partial charge in [-0.1, -0.05) is 42.5 Å². The van der Waals surface area contributed by atoms with Crippen molar-refractivity contribution in [2.45, 2.75) is 74.6 Å². The molecule has 2 aromatic carbocycles. The van der Waals surface area contributed by atoms with Crippen molar-refractivity contribution >= 4 is 6.03 Å². The van der Waals surface area contributed by atoms with Crippen LogP contribution >= 0.6 is 0 Å². The van der Waals surface area contributed by atoms with Gasteiger partial charge in [0, 0.05) is 32.3 Å². The van der Waals surface area contributed by atoms with Gasteiger partial charge in [-0.15, -0.1) is 0 Å². The smallest absolute Gasteiger partial charge is 0.320 e. The lowest BCUT2D eigenvalue weighted by molar-refractivity contribution is -0.0844. The first kappa shape index (κ1) is 26.1. The molecular weight excluding hydrogens is 462 g/mol. The van der Waals surface area contributed by atoms with Gasteiger partial charge in [-0.2, -0.15) is 0 Å². The van der Waals surface area contributed by atoms with E-state index in [-0.39, 0.29) is 22.7 Å². The Kier molecular flexibility index (Phi) is 7.25. The number of amides is 2. The molecule has 1 spiro atoms. The summed E-state index contributed by atoms with van der Waals surface area (Å²) >= 11 is 0. The third-order valence-electron chi connectivity index (χ3n) is 9.76. The van der Waals surface area contributed by atoms with Crippen LogP contribution in [0.1, 0.15) is 62.5 Å². The van der Waals surface area contributed by atoms with Crippen molar-refractivity contribution in [3.8, 4) is 5.75 Å². The molecule has 37 heavy (non-hydrogen) atoms. The number of hydrogen-bond donors (Lipinski definition) is 0. The molecule has 0 aromatic heterocycles. The quantitative estimate of drug-likeness (QED) is 0.441. The van der Waals surface area contributed by atoms with Crippen LogP contribution in [0.4, 0.5) is 4.79 Å². The van der Waals surface area contributed by atoms with Crippen LogP contribution in [0.25, 0.3) is 0 Å². The van der Waals surface area contributed by atoms with Gasteiger partial charge in [0.15, 0.2) is 0 Å². The van der Waals surface area contributed by atoms with Crippen LogP contribution in [0.5, 0.6) is 5.75 Å². The summed E-state index contributed by atoms with van der Waals surface area (Å²) in [5.41, 5.74) is 2.36. The molecule has 5 rings (SSSR count). The van der Waals surface area contributed by atoms with Crippen LogP contribution in [-0.4, -0.2) is 73.3 Å². The molecule has 1 saturated heterocycles. The Morgan fingerprint density at radius 2 is 1.57 bits per heavy atom. The minimum Gasteiger partial charge on any atom is -0.497 e. The standard InChI is InChI=1S/C31H43N3O3/c1-32(2)31(26-9-6-5-7-10-26)19-17-29(18-20-31)24-33(23-25-11-13-27(36-3)14-12-25)28(35)34(29)22-21-30(37-4)15-8-16-30/h5-7,9-14H,8,15-24H2,1-4H3. The van der Waals surface area contributed by atoms with E-state index in [9.17, 15) is 4.79 Å². The van der Waals surface area contributed by atoms with Gasteiger partial charge >= 0.3 is 6.03 Å². The fraction of sp³-hybridized carbons (Fsp3) is 0.581. The Bertz CT molecular complexity index is 1050. The Hall–Kier alpha value is -2.57. The largest absolute Gasteiger partial charge is 0.497 e. The summed E-state index contributed by atoms with van der Waals surface area (Å²) < 4.78 is 11.3. The number of methoxy groups -OCH3 is 2. The molecule has 0 N–H and O–H groups in total. The number of nitrogens with zero attached hydrogens (tertiary/aromatic N) is 3. The zero-order chi connectivity index (χ0) is 26.1. The third kappa shape index (κ3) is 4.74. The fourth-order valence-electron chi connectivity index (χ4n) is 7.03. The lowest BCUT2D eigenvalue weighted by atomic mass is 9.68. The average molecular weight is 506 g/mol. The molecule has 200 valence electrons. The normalized spacial score (nSPS) is 27.1. The molecular formula is C31H43N3O3. The van der Waals surface area contributed by atoms with Crippen LogP contribution < -0.4 is 4.74 Å². The first-order chi connectivity index (χ1) is 17.9. The van der Waals surface area contributed by atoms with Gasteiger partial charge in [-0.05, 0) is 88.7 Å². The lowest BCUT2D eigenvalue weighted by Gasteiger charge is -2.51. The van der Waals surface area contributed by atoms with Gasteiger partial charge < -0.3 is 19.3 Å². The van der Waals surface area contributed by atoms with E-state index < -0.39 is 0 Å². The molecule has 2 aromatic rings. The van der Waals surface area contributed by atoms with E-state index in [2.05, 4.69) is 71.3 Å². The van der Waals surface area contributed by atoms with Gasteiger partial charge in [0.25, 0.3) is 0 Å². The predicted octanol–water partition coefficient (Wildman–Crippen LogP) is 5.66. The molecule has 6 nitrogen and oxygen atoms in total. The maximum Gasteiger partial charge on any atom is 0.320 e. The van der Waals surface area contributed by atoms with E-state index in [0.717, 1.165) is 69.3 Å². The fourth-order valence-corrected chi connectivity index (χ4v) is 7.03. The van der Waals surface area contributed by atoms with E-state index >= 15 is 0 Å². The topological polar surface area (TPSA) is 45.2 Å². The highest BCUT2D eigenvalue weighted by Crippen LogP contribution is 2.49. The second kappa shape index (κ2) is 10.3. The van der Waals surface area contributed by atoms with Crippen molar-refractivity contribution in [1.29, 1.82) is 0 Å². The molecule has 2 aliphatic carbocycles. The summed E-state index contributed by atoms with van der Waals surface area (Å²) in [5, 5.41) is 0. The zero-order valence-electron chi connectivity index (χ0n) is 23.0. The predicted molar refractivity (Wildman–Crippen MR) is 147 cm³/mol. The highest BCUT2D eigenvalue weighted by atomic mass is 16.5. The van der Waals surface area contributed by atoms with Crippen molar-refractivity contribution < 1.29 is 14.3 Å². The van der Waals surface area contributed by atoms with Gasteiger partial charge in [0.2, 0.25) is 0 Å². The molecule has 3 aliphatic rings. The van der Waals surface area contributed by atoms with Crippen molar-refractivity contribution in [2.24, 2.45) is 0 Å². The van der Waals surface area contributed by atoms with Crippen molar-refractivity contribution in [2.75, 3.05) is 41.4 Å². The van der Waals surface area contributed by atoms with Crippen LogP contribution in [-0.2, 0) is 16.8 Å². The summed E-state index contributed by atoms with van der Waals surface area (Å²) in [6.45, 7) is 2.19. The van der Waals surface area contributed by atoms with Crippen molar-refractivity contribution in [3.63, 3.8) is 0 Å². The summed E-state index contributed by atoms with van der Waals surface area (Å²) in [7, 11) is 7.93. The van der Waals surface area contributed by atoms with Crippen LogP contribution in [0, 0.1) is 0 Å². The van der Waals surface area contributed by atoms with E-state index in [4.69, 9.17) is 9.47 Å². The molecule has 6 heteroatoms. The Labute approximate surface area is 222 Å². The monoisotopic (exact) mass is 505 g/mol. The minimum atomic E-state index is -0.128. The molecule has 0 unspecified atom stereocenters. The van der Waals surface area contributed by atoms with Crippen molar-refractivity contribution in [1.82, 2.24) is 14.7 Å². The summed E-state index contributed by atoms with van der Waals surface area (Å²) in [5.74, 6) is 0.841. The number of ether oxygens (including phenoxy) is 2. The molecule has 0 bridgehead atoms. The summed E-state index contributed by atoms with van der Waals surface area (Å²) in [6.07, 6.45) is 8.44. The molecule has 1 heterocycles.